The van der Waals surface area contributed by atoms with Gasteiger partial charge in [0, 0.05) is 30.8 Å². The van der Waals surface area contributed by atoms with Crippen molar-refractivity contribution in [1.29, 1.82) is 0 Å². The summed E-state index contributed by atoms with van der Waals surface area (Å²) in [6.45, 7) is 8.67. The molecule has 0 spiro atoms. The van der Waals surface area contributed by atoms with Crippen LogP contribution in [-0.4, -0.2) is 32.3 Å². The molecule has 136 valence electrons. The van der Waals surface area contributed by atoms with Crippen LogP contribution in [0.3, 0.4) is 0 Å². The fourth-order valence-electron chi connectivity index (χ4n) is 3.40. The Morgan fingerprint density at radius 1 is 1.27 bits per heavy atom. The lowest BCUT2D eigenvalue weighted by molar-refractivity contribution is 0.340. The second kappa shape index (κ2) is 6.48. The molecule has 1 aliphatic heterocycles. The number of hydrogen-bond acceptors (Lipinski definition) is 5. The Hall–Kier alpha value is -2.83. The highest BCUT2D eigenvalue weighted by Gasteiger charge is 2.22. The van der Waals surface area contributed by atoms with E-state index in [4.69, 9.17) is 9.84 Å². The first kappa shape index (κ1) is 16.6. The zero-order chi connectivity index (χ0) is 18.3. The fraction of sp³-hybridized carbons (Fsp3) is 0.421. The summed E-state index contributed by atoms with van der Waals surface area (Å²) >= 11 is 0. The number of fused-ring (bicyclic) bond motifs is 2. The van der Waals surface area contributed by atoms with E-state index in [1.165, 1.54) is 0 Å². The van der Waals surface area contributed by atoms with Crippen LogP contribution in [0, 0.1) is 0 Å². The standard InChI is InChI=1S/C19H23N5O2/c1-4-26-15-7-5-6-14(10-15)22-8-9-23-17(12-22)21-24-16(19(23)25)11-20-18(24)13(2)3/h5-7,10-11,13H,4,8-9,12H2,1-3H3. The van der Waals surface area contributed by atoms with E-state index in [2.05, 4.69) is 29.8 Å². The Balaban J connectivity index is 1.73. The summed E-state index contributed by atoms with van der Waals surface area (Å²) in [5.41, 5.74) is 1.60. The third kappa shape index (κ3) is 2.73. The summed E-state index contributed by atoms with van der Waals surface area (Å²) in [7, 11) is 0. The van der Waals surface area contributed by atoms with Crippen LogP contribution in [0.1, 0.15) is 38.3 Å². The van der Waals surface area contributed by atoms with Gasteiger partial charge in [-0.2, -0.15) is 5.10 Å². The molecule has 7 nitrogen and oxygen atoms in total. The maximum atomic E-state index is 12.8. The van der Waals surface area contributed by atoms with Crippen molar-refractivity contribution in [3.8, 4) is 5.75 Å². The lowest BCUT2D eigenvalue weighted by Gasteiger charge is -2.31. The maximum Gasteiger partial charge on any atom is 0.279 e. The molecule has 0 fully saturated rings. The molecular formula is C19H23N5O2. The van der Waals surface area contributed by atoms with Crippen LogP contribution >= 0.6 is 0 Å². The molecule has 1 aromatic carbocycles. The van der Waals surface area contributed by atoms with Gasteiger partial charge in [-0.05, 0) is 19.1 Å². The number of nitrogens with zero attached hydrogens (tertiary/aromatic N) is 5. The maximum absolute atomic E-state index is 12.8. The smallest absolute Gasteiger partial charge is 0.279 e. The molecule has 0 saturated carbocycles. The van der Waals surface area contributed by atoms with Crippen molar-refractivity contribution >= 4 is 11.2 Å². The highest BCUT2D eigenvalue weighted by Crippen LogP contribution is 2.24. The molecule has 3 aromatic rings. The lowest BCUT2D eigenvalue weighted by atomic mass is 10.2. The van der Waals surface area contributed by atoms with E-state index in [0.29, 0.717) is 25.2 Å². The van der Waals surface area contributed by atoms with E-state index in [0.717, 1.165) is 29.6 Å². The van der Waals surface area contributed by atoms with Crippen molar-refractivity contribution in [2.45, 2.75) is 39.8 Å². The predicted molar refractivity (Wildman–Crippen MR) is 100.0 cm³/mol. The van der Waals surface area contributed by atoms with Crippen LogP contribution < -0.4 is 15.2 Å². The van der Waals surface area contributed by atoms with Crippen LogP contribution in [0.25, 0.3) is 5.52 Å². The average molecular weight is 353 g/mol. The topological polar surface area (TPSA) is 64.7 Å². The van der Waals surface area contributed by atoms with Gasteiger partial charge < -0.3 is 9.64 Å². The van der Waals surface area contributed by atoms with Gasteiger partial charge in [-0.15, -0.1) is 0 Å². The quantitative estimate of drug-likeness (QED) is 0.721. The Morgan fingerprint density at radius 3 is 2.88 bits per heavy atom. The normalized spacial score (nSPS) is 14.1. The summed E-state index contributed by atoms with van der Waals surface area (Å²) in [6.07, 6.45) is 1.63. The lowest BCUT2D eigenvalue weighted by Crippen LogP contribution is -2.41. The van der Waals surface area contributed by atoms with Gasteiger partial charge in [-0.3, -0.25) is 9.36 Å². The van der Waals surface area contributed by atoms with E-state index in [1.54, 1.807) is 15.3 Å². The molecule has 0 bridgehead atoms. The van der Waals surface area contributed by atoms with Gasteiger partial charge in [-0.1, -0.05) is 19.9 Å². The molecule has 3 heterocycles. The second-order valence-electron chi connectivity index (χ2n) is 6.79. The van der Waals surface area contributed by atoms with Gasteiger partial charge >= 0.3 is 0 Å². The van der Waals surface area contributed by atoms with Crippen molar-refractivity contribution in [1.82, 2.24) is 19.2 Å². The van der Waals surface area contributed by atoms with E-state index >= 15 is 0 Å². The Bertz CT molecular complexity index is 1000. The zero-order valence-electron chi connectivity index (χ0n) is 15.3. The van der Waals surface area contributed by atoms with E-state index in [9.17, 15) is 4.79 Å². The van der Waals surface area contributed by atoms with Crippen molar-refractivity contribution in [2.75, 3.05) is 18.1 Å². The molecule has 0 unspecified atom stereocenters. The molecule has 7 heteroatoms. The SMILES string of the molecule is CCOc1cccc(N2CCn3c(nn4c(C(C)C)ncc4c3=O)C2)c1. The Morgan fingerprint density at radius 2 is 2.12 bits per heavy atom. The third-order valence-corrected chi connectivity index (χ3v) is 4.69. The number of imidazole rings is 1. The number of benzene rings is 1. The largest absolute Gasteiger partial charge is 0.494 e. The highest BCUT2D eigenvalue weighted by atomic mass is 16.5. The molecule has 4 rings (SSSR count). The van der Waals surface area contributed by atoms with Crippen LogP contribution in [0.2, 0.25) is 0 Å². The predicted octanol–water partition coefficient (Wildman–Crippen LogP) is 2.43. The minimum absolute atomic E-state index is 0.0166. The molecule has 2 aromatic heterocycles. The fourth-order valence-corrected chi connectivity index (χ4v) is 3.40. The average Bonchev–Trinajstić information content (AvgIpc) is 3.06. The summed E-state index contributed by atoms with van der Waals surface area (Å²) in [5.74, 6) is 2.63. The molecule has 26 heavy (non-hydrogen) atoms. The van der Waals surface area contributed by atoms with Crippen molar-refractivity contribution in [3.63, 3.8) is 0 Å². The van der Waals surface area contributed by atoms with Gasteiger partial charge in [0.15, 0.2) is 11.3 Å². The van der Waals surface area contributed by atoms with Gasteiger partial charge in [0.25, 0.3) is 5.56 Å². The first-order valence-corrected chi connectivity index (χ1v) is 9.03. The molecule has 0 saturated heterocycles. The first-order valence-electron chi connectivity index (χ1n) is 9.03. The van der Waals surface area contributed by atoms with Crippen LogP contribution in [-0.2, 0) is 13.1 Å². The number of rotatable bonds is 4. The van der Waals surface area contributed by atoms with Crippen molar-refractivity contribution in [2.24, 2.45) is 0 Å². The summed E-state index contributed by atoms with van der Waals surface area (Å²) in [6, 6.07) is 8.04. The van der Waals surface area contributed by atoms with E-state index in [-0.39, 0.29) is 11.5 Å². The number of anilines is 1. The van der Waals surface area contributed by atoms with Crippen molar-refractivity contribution < 1.29 is 4.74 Å². The highest BCUT2D eigenvalue weighted by molar-refractivity contribution is 5.51. The molecule has 1 aliphatic rings. The third-order valence-electron chi connectivity index (χ3n) is 4.69. The van der Waals surface area contributed by atoms with Gasteiger partial charge in [0.05, 0.1) is 19.3 Å². The summed E-state index contributed by atoms with van der Waals surface area (Å²) in [4.78, 5) is 19.4. The second-order valence-corrected chi connectivity index (χ2v) is 6.79. The monoisotopic (exact) mass is 353 g/mol. The minimum atomic E-state index is -0.0166. The number of ether oxygens (including phenoxy) is 1. The molecule has 0 radical (unpaired) electrons. The van der Waals surface area contributed by atoms with Crippen LogP contribution in [0.5, 0.6) is 5.75 Å². The molecule has 0 aliphatic carbocycles. The van der Waals surface area contributed by atoms with Gasteiger partial charge in [0.2, 0.25) is 0 Å². The van der Waals surface area contributed by atoms with Crippen molar-refractivity contribution in [3.05, 3.63) is 52.5 Å². The molecule has 0 atom stereocenters. The van der Waals surface area contributed by atoms with Crippen LogP contribution in [0.4, 0.5) is 5.69 Å². The minimum Gasteiger partial charge on any atom is -0.494 e. The number of aromatic nitrogens is 4. The van der Waals surface area contributed by atoms with Gasteiger partial charge in [-0.25, -0.2) is 9.50 Å². The number of hydrogen-bond donors (Lipinski definition) is 0. The Kier molecular flexibility index (Phi) is 4.14. The van der Waals surface area contributed by atoms with Crippen LogP contribution in [0.15, 0.2) is 35.3 Å². The molecule has 0 amide bonds. The first-order chi connectivity index (χ1) is 12.6. The van der Waals surface area contributed by atoms with E-state index < -0.39 is 0 Å². The molecule has 0 N–H and O–H groups in total. The van der Waals surface area contributed by atoms with Gasteiger partial charge in [0.1, 0.15) is 11.6 Å². The summed E-state index contributed by atoms with van der Waals surface area (Å²) in [5, 5.41) is 4.74. The summed E-state index contributed by atoms with van der Waals surface area (Å²) < 4.78 is 9.08. The van der Waals surface area contributed by atoms with E-state index in [1.807, 2.05) is 25.1 Å². The molecular weight excluding hydrogens is 330 g/mol. The Labute approximate surface area is 151 Å². The zero-order valence-corrected chi connectivity index (χ0v) is 15.3.